The average Bonchev–Trinajstić information content (AvgIpc) is 2.95. The van der Waals surface area contributed by atoms with Crippen LogP contribution in [0.2, 0.25) is 0 Å². The number of carbonyl (C=O) groups is 2. The van der Waals surface area contributed by atoms with Gasteiger partial charge in [-0.05, 0) is 89.1 Å². The standard InChI is InChI=1S/C33H33F2N3O3S.Li/c1-22-6-3-4-8-28(22)30-16-23(9-10-29(30)32(39)37-31(33(40)41)11-13-42-2)19-38(20-24-7-5-12-36-18-24)21-25-14-26(34)17-27(35)15-25;/h3-10,12,14-18,31H,11,13,19-21H2,1-2H3,(H,37,39)(H,40,41);/q;+1/p-1. The molecule has 218 valence electrons. The van der Waals surface area contributed by atoms with Crippen LogP contribution in [0.5, 0.6) is 0 Å². The first kappa shape index (κ1) is 34.0. The third-order valence-corrected chi connectivity index (χ3v) is 7.47. The number of halogens is 2. The molecule has 0 saturated heterocycles. The second kappa shape index (κ2) is 16.4. The summed E-state index contributed by atoms with van der Waals surface area (Å²) in [6.07, 6.45) is 5.54. The van der Waals surface area contributed by atoms with Gasteiger partial charge in [0, 0.05) is 43.7 Å². The van der Waals surface area contributed by atoms with Crippen LogP contribution in [0.15, 0.2) is 85.2 Å². The third kappa shape index (κ3) is 9.77. The Bertz CT molecular complexity index is 1520. The quantitative estimate of drug-likeness (QED) is 0.239. The summed E-state index contributed by atoms with van der Waals surface area (Å²) >= 11 is 1.49. The number of thioether (sulfide) groups is 1. The molecule has 1 atom stereocenters. The summed E-state index contributed by atoms with van der Waals surface area (Å²) in [6, 6.07) is 19.2. The molecule has 1 amide bonds. The van der Waals surface area contributed by atoms with Crippen molar-refractivity contribution in [1.29, 1.82) is 0 Å². The van der Waals surface area contributed by atoms with Crippen molar-refractivity contribution in [2.75, 3.05) is 12.0 Å². The van der Waals surface area contributed by atoms with E-state index < -0.39 is 29.6 Å². The zero-order valence-electron chi connectivity index (χ0n) is 24.5. The van der Waals surface area contributed by atoms with Crippen molar-refractivity contribution in [2.24, 2.45) is 0 Å². The number of hydrogen-bond acceptors (Lipinski definition) is 6. The van der Waals surface area contributed by atoms with Gasteiger partial charge in [0.15, 0.2) is 0 Å². The molecule has 1 N–H and O–H groups in total. The Hall–Kier alpha value is -3.48. The van der Waals surface area contributed by atoms with Gasteiger partial charge in [0.1, 0.15) is 11.6 Å². The van der Waals surface area contributed by atoms with E-state index in [0.29, 0.717) is 35.5 Å². The summed E-state index contributed by atoms with van der Waals surface area (Å²) in [6.45, 7) is 3.09. The number of carboxylic acid groups (broad SMARTS) is 1. The van der Waals surface area contributed by atoms with E-state index >= 15 is 0 Å². The second-order valence-corrected chi connectivity index (χ2v) is 11.1. The number of aromatic nitrogens is 1. The molecule has 0 aliphatic rings. The van der Waals surface area contributed by atoms with E-state index in [2.05, 4.69) is 10.3 Å². The Labute approximate surface area is 267 Å². The average molecular weight is 596 g/mol. The molecule has 10 heteroatoms. The predicted molar refractivity (Wildman–Crippen MR) is 159 cm³/mol. The van der Waals surface area contributed by atoms with Gasteiger partial charge in [-0.1, -0.05) is 36.4 Å². The molecule has 0 spiro atoms. The van der Waals surface area contributed by atoms with Crippen molar-refractivity contribution >= 4 is 23.6 Å². The molecule has 1 heterocycles. The van der Waals surface area contributed by atoms with Gasteiger partial charge < -0.3 is 15.2 Å². The number of hydrogen-bond donors (Lipinski definition) is 1. The molecule has 0 fully saturated rings. The largest absolute Gasteiger partial charge is 1.00 e. The van der Waals surface area contributed by atoms with Crippen molar-refractivity contribution in [3.05, 3.63) is 125 Å². The van der Waals surface area contributed by atoms with Crippen LogP contribution in [-0.4, -0.2) is 39.8 Å². The summed E-state index contributed by atoms with van der Waals surface area (Å²) in [7, 11) is 0. The number of amides is 1. The Morgan fingerprint density at radius 1 is 0.907 bits per heavy atom. The number of benzene rings is 3. The van der Waals surface area contributed by atoms with Crippen LogP contribution >= 0.6 is 11.8 Å². The molecular formula is C33H32F2LiN3O3S. The van der Waals surface area contributed by atoms with Gasteiger partial charge in [0.25, 0.3) is 5.91 Å². The Kier molecular flexibility index (Phi) is 13.0. The van der Waals surface area contributed by atoms with Crippen molar-refractivity contribution in [1.82, 2.24) is 15.2 Å². The summed E-state index contributed by atoms with van der Waals surface area (Å²) in [5.74, 6) is -2.56. The molecular weight excluding hydrogens is 563 g/mol. The number of carboxylic acids is 1. The molecule has 1 unspecified atom stereocenters. The van der Waals surface area contributed by atoms with Crippen LogP contribution in [0.4, 0.5) is 8.78 Å². The maximum Gasteiger partial charge on any atom is 1.00 e. The van der Waals surface area contributed by atoms with Crippen molar-refractivity contribution in [3.63, 3.8) is 0 Å². The van der Waals surface area contributed by atoms with E-state index in [-0.39, 0.29) is 31.8 Å². The second-order valence-electron chi connectivity index (χ2n) is 10.1. The number of nitrogens with zero attached hydrogens (tertiary/aromatic N) is 2. The molecule has 4 aromatic rings. The molecule has 0 bridgehead atoms. The Morgan fingerprint density at radius 3 is 2.26 bits per heavy atom. The summed E-state index contributed by atoms with van der Waals surface area (Å²) in [5, 5.41) is 14.3. The minimum Gasteiger partial charge on any atom is -0.548 e. The monoisotopic (exact) mass is 595 g/mol. The van der Waals surface area contributed by atoms with Crippen molar-refractivity contribution in [2.45, 2.75) is 39.0 Å². The number of rotatable bonds is 13. The van der Waals surface area contributed by atoms with Crippen LogP contribution in [0.25, 0.3) is 11.1 Å². The first-order chi connectivity index (χ1) is 20.2. The van der Waals surface area contributed by atoms with Gasteiger partial charge >= 0.3 is 18.9 Å². The maximum absolute atomic E-state index is 14.0. The first-order valence-electron chi connectivity index (χ1n) is 13.5. The fraction of sp³-hybridized carbons (Fsp3) is 0.242. The van der Waals surface area contributed by atoms with E-state index in [1.807, 2.05) is 66.6 Å². The van der Waals surface area contributed by atoms with Crippen molar-refractivity contribution < 1.29 is 42.3 Å². The molecule has 3 aromatic carbocycles. The maximum atomic E-state index is 14.0. The Morgan fingerprint density at radius 2 is 1.60 bits per heavy atom. The van der Waals surface area contributed by atoms with Crippen LogP contribution in [-0.2, 0) is 24.4 Å². The minimum atomic E-state index is -1.33. The van der Waals surface area contributed by atoms with Gasteiger partial charge in [-0.3, -0.25) is 14.7 Å². The molecule has 6 nitrogen and oxygen atoms in total. The van der Waals surface area contributed by atoms with E-state index in [4.69, 9.17) is 0 Å². The first-order valence-corrected chi connectivity index (χ1v) is 14.9. The zero-order chi connectivity index (χ0) is 30.1. The molecule has 0 radical (unpaired) electrons. The number of aryl methyl sites for hydroxylation is 1. The molecule has 43 heavy (non-hydrogen) atoms. The Balaban J connectivity index is 0.00000506. The van der Waals surface area contributed by atoms with Crippen molar-refractivity contribution in [3.8, 4) is 11.1 Å². The predicted octanol–water partition coefficient (Wildman–Crippen LogP) is 2.14. The zero-order valence-corrected chi connectivity index (χ0v) is 25.3. The summed E-state index contributed by atoms with van der Waals surface area (Å²) in [5.41, 5.74) is 5.07. The number of nitrogens with one attached hydrogen (secondary N) is 1. The normalized spacial score (nSPS) is 11.6. The minimum absolute atomic E-state index is 0. The van der Waals surface area contributed by atoms with E-state index in [9.17, 15) is 23.5 Å². The smallest absolute Gasteiger partial charge is 0.548 e. The van der Waals surface area contributed by atoms with Crippen LogP contribution < -0.4 is 29.3 Å². The van der Waals surface area contributed by atoms with Crippen LogP contribution in [0.3, 0.4) is 0 Å². The molecule has 4 rings (SSSR count). The molecule has 0 aliphatic carbocycles. The fourth-order valence-corrected chi connectivity index (χ4v) is 5.31. The number of carbonyl (C=O) groups excluding carboxylic acids is 2. The third-order valence-electron chi connectivity index (χ3n) is 6.83. The number of pyridine rings is 1. The molecule has 1 aromatic heterocycles. The van der Waals surface area contributed by atoms with E-state index in [0.717, 1.165) is 28.3 Å². The molecule has 0 saturated carbocycles. The van der Waals surface area contributed by atoms with Gasteiger partial charge in [0.2, 0.25) is 0 Å². The van der Waals surface area contributed by atoms with Gasteiger partial charge in [0.05, 0.1) is 12.0 Å². The number of aliphatic carboxylic acids is 1. The van der Waals surface area contributed by atoms with Gasteiger partial charge in [-0.2, -0.15) is 11.8 Å². The summed E-state index contributed by atoms with van der Waals surface area (Å²) < 4.78 is 28.0. The van der Waals surface area contributed by atoms with Crippen LogP contribution in [0, 0.1) is 18.6 Å². The fourth-order valence-electron chi connectivity index (χ4n) is 4.84. The van der Waals surface area contributed by atoms with Crippen LogP contribution in [0.1, 0.15) is 39.0 Å². The SMILES string of the molecule is CSCCC(NC(=O)c1ccc(CN(Cc2cccnc2)Cc2cc(F)cc(F)c2)cc1-c1ccccc1C)C(=O)[O-].[Li+]. The van der Waals surface area contributed by atoms with E-state index in [1.54, 1.807) is 18.5 Å². The van der Waals surface area contributed by atoms with Gasteiger partial charge in [-0.25, -0.2) is 8.78 Å². The molecule has 0 aliphatic heterocycles. The van der Waals surface area contributed by atoms with E-state index in [1.165, 1.54) is 23.9 Å². The topological polar surface area (TPSA) is 85.4 Å². The van der Waals surface area contributed by atoms with Gasteiger partial charge in [-0.15, -0.1) is 0 Å². The summed E-state index contributed by atoms with van der Waals surface area (Å²) in [4.78, 5) is 31.3.